The highest BCUT2D eigenvalue weighted by Crippen LogP contribution is 2.01. The molecule has 0 saturated carbocycles. The van der Waals surface area contributed by atoms with Crippen LogP contribution in [0.1, 0.15) is 32.1 Å². The van der Waals surface area contributed by atoms with Crippen LogP contribution in [0.3, 0.4) is 0 Å². The van der Waals surface area contributed by atoms with Gasteiger partial charge in [-0.25, -0.2) is 0 Å². The number of rotatable bonds is 6. The standard InChI is InChI=1S/C12H18O/c1-3-12(2)10-8-6-4-5-7-9-11-13/h3,13H,1-2,5,7-11H2. The van der Waals surface area contributed by atoms with E-state index in [0.717, 1.165) is 37.7 Å². The fraction of sp³-hybridized carbons (Fsp3) is 0.500. The van der Waals surface area contributed by atoms with E-state index in [-0.39, 0.29) is 6.61 Å². The summed E-state index contributed by atoms with van der Waals surface area (Å²) in [6.45, 7) is 7.70. The lowest BCUT2D eigenvalue weighted by Gasteiger charge is -1.91. The van der Waals surface area contributed by atoms with E-state index in [1.54, 1.807) is 6.08 Å². The summed E-state index contributed by atoms with van der Waals surface area (Å²) in [5.74, 6) is 6.13. The normalized spacial score (nSPS) is 8.69. The summed E-state index contributed by atoms with van der Waals surface area (Å²) in [7, 11) is 0. The molecule has 1 heteroatoms. The second kappa shape index (κ2) is 9.09. The maximum absolute atomic E-state index is 8.50. The van der Waals surface area contributed by atoms with Crippen molar-refractivity contribution in [2.24, 2.45) is 0 Å². The molecule has 0 spiro atoms. The van der Waals surface area contributed by atoms with Gasteiger partial charge in [0.1, 0.15) is 0 Å². The van der Waals surface area contributed by atoms with Gasteiger partial charge in [0.05, 0.1) is 0 Å². The molecule has 0 saturated heterocycles. The second-order valence-electron chi connectivity index (χ2n) is 2.90. The minimum atomic E-state index is 0.273. The fourth-order valence-electron chi connectivity index (χ4n) is 0.827. The van der Waals surface area contributed by atoms with Gasteiger partial charge in [-0.05, 0) is 19.3 Å². The first-order valence-electron chi connectivity index (χ1n) is 4.68. The smallest absolute Gasteiger partial charge is 0.0431 e. The quantitative estimate of drug-likeness (QED) is 0.376. The third-order valence-electron chi connectivity index (χ3n) is 1.69. The molecule has 0 heterocycles. The first kappa shape index (κ1) is 12.0. The topological polar surface area (TPSA) is 20.2 Å². The molecule has 0 aromatic carbocycles. The zero-order valence-electron chi connectivity index (χ0n) is 8.18. The maximum atomic E-state index is 8.50. The molecular formula is C12H18O. The van der Waals surface area contributed by atoms with E-state index >= 15 is 0 Å². The molecule has 0 aliphatic carbocycles. The number of hydrogen-bond acceptors (Lipinski definition) is 1. The number of hydrogen-bond donors (Lipinski definition) is 1. The molecule has 0 rings (SSSR count). The molecule has 0 aliphatic heterocycles. The van der Waals surface area contributed by atoms with E-state index in [2.05, 4.69) is 25.0 Å². The first-order chi connectivity index (χ1) is 6.31. The SMILES string of the molecule is C=CC(=C)CCC#CCCCCO. The lowest BCUT2D eigenvalue weighted by Crippen LogP contribution is -1.80. The molecule has 13 heavy (non-hydrogen) atoms. The number of allylic oxidation sites excluding steroid dienone is 2. The third kappa shape index (κ3) is 8.91. The molecule has 0 bridgehead atoms. The average molecular weight is 178 g/mol. The molecule has 0 aromatic heterocycles. The van der Waals surface area contributed by atoms with Crippen molar-refractivity contribution < 1.29 is 5.11 Å². The zero-order valence-corrected chi connectivity index (χ0v) is 8.18. The predicted octanol–water partition coefficient (Wildman–Crippen LogP) is 2.67. The Kier molecular flexibility index (Phi) is 8.39. The summed E-state index contributed by atoms with van der Waals surface area (Å²) < 4.78 is 0. The van der Waals surface area contributed by atoms with E-state index in [1.165, 1.54) is 0 Å². The summed E-state index contributed by atoms with van der Waals surface area (Å²) in [5.41, 5.74) is 1.05. The Hall–Kier alpha value is -1.00. The van der Waals surface area contributed by atoms with Crippen molar-refractivity contribution >= 4 is 0 Å². The van der Waals surface area contributed by atoms with E-state index in [4.69, 9.17) is 5.11 Å². The fourth-order valence-corrected chi connectivity index (χ4v) is 0.827. The molecule has 0 fully saturated rings. The summed E-state index contributed by atoms with van der Waals surface area (Å²) in [5, 5.41) is 8.50. The Balaban J connectivity index is 3.29. The highest BCUT2D eigenvalue weighted by Gasteiger charge is 1.84. The molecular weight excluding hydrogens is 160 g/mol. The number of aliphatic hydroxyl groups is 1. The van der Waals surface area contributed by atoms with Crippen LogP contribution in [-0.4, -0.2) is 11.7 Å². The molecule has 0 amide bonds. The molecule has 1 N–H and O–H groups in total. The minimum Gasteiger partial charge on any atom is -0.396 e. The summed E-state index contributed by atoms with van der Waals surface area (Å²) >= 11 is 0. The zero-order chi connectivity index (χ0) is 9.94. The van der Waals surface area contributed by atoms with E-state index < -0.39 is 0 Å². The number of aliphatic hydroxyl groups excluding tert-OH is 1. The van der Waals surface area contributed by atoms with Crippen LogP contribution in [0.4, 0.5) is 0 Å². The van der Waals surface area contributed by atoms with E-state index in [9.17, 15) is 0 Å². The number of unbranched alkanes of at least 4 members (excludes halogenated alkanes) is 2. The van der Waals surface area contributed by atoms with E-state index in [0.29, 0.717) is 0 Å². The average Bonchev–Trinajstić information content (AvgIpc) is 2.16. The van der Waals surface area contributed by atoms with Crippen molar-refractivity contribution in [1.29, 1.82) is 0 Å². The van der Waals surface area contributed by atoms with Crippen LogP contribution in [0.25, 0.3) is 0 Å². The van der Waals surface area contributed by atoms with Gasteiger partial charge in [0, 0.05) is 19.4 Å². The van der Waals surface area contributed by atoms with Crippen LogP contribution in [0, 0.1) is 11.8 Å². The van der Waals surface area contributed by atoms with Gasteiger partial charge in [-0.2, -0.15) is 0 Å². The highest BCUT2D eigenvalue weighted by atomic mass is 16.2. The van der Waals surface area contributed by atoms with Crippen LogP contribution in [-0.2, 0) is 0 Å². The van der Waals surface area contributed by atoms with Crippen molar-refractivity contribution in [1.82, 2.24) is 0 Å². The van der Waals surface area contributed by atoms with Crippen LogP contribution >= 0.6 is 0 Å². The van der Waals surface area contributed by atoms with Crippen molar-refractivity contribution in [3.05, 3.63) is 24.8 Å². The highest BCUT2D eigenvalue weighted by molar-refractivity contribution is 5.13. The van der Waals surface area contributed by atoms with Gasteiger partial charge in [0.25, 0.3) is 0 Å². The lowest BCUT2D eigenvalue weighted by atomic mass is 10.1. The van der Waals surface area contributed by atoms with Crippen LogP contribution < -0.4 is 0 Å². The summed E-state index contributed by atoms with van der Waals surface area (Å²) in [6.07, 6.45) is 6.29. The largest absolute Gasteiger partial charge is 0.396 e. The Labute approximate surface area is 81.2 Å². The van der Waals surface area contributed by atoms with Crippen LogP contribution in [0.15, 0.2) is 24.8 Å². The Morgan fingerprint density at radius 2 is 1.92 bits per heavy atom. The minimum absolute atomic E-state index is 0.273. The van der Waals surface area contributed by atoms with Crippen molar-refractivity contribution in [3.63, 3.8) is 0 Å². The van der Waals surface area contributed by atoms with Gasteiger partial charge < -0.3 is 5.11 Å². The van der Waals surface area contributed by atoms with Crippen molar-refractivity contribution in [2.75, 3.05) is 6.61 Å². The monoisotopic (exact) mass is 178 g/mol. The maximum Gasteiger partial charge on any atom is 0.0431 e. The Bertz CT molecular complexity index is 205. The molecule has 1 nitrogen and oxygen atoms in total. The van der Waals surface area contributed by atoms with E-state index in [1.807, 2.05) is 0 Å². The van der Waals surface area contributed by atoms with Crippen molar-refractivity contribution in [2.45, 2.75) is 32.1 Å². The van der Waals surface area contributed by atoms with Gasteiger partial charge in [0.2, 0.25) is 0 Å². The third-order valence-corrected chi connectivity index (χ3v) is 1.69. The first-order valence-corrected chi connectivity index (χ1v) is 4.68. The predicted molar refractivity (Wildman–Crippen MR) is 57.3 cm³/mol. The Morgan fingerprint density at radius 3 is 2.54 bits per heavy atom. The Morgan fingerprint density at radius 1 is 1.23 bits per heavy atom. The molecule has 0 radical (unpaired) electrons. The lowest BCUT2D eigenvalue weighted by molar-refractivity contribution is 0.285. The van der Waals surface area contributed by atoms with Crippen LogP contribution in [0.2, 0.25) is 0 Å². The molecule has 0 atom stereocenters. The van der Waals surface area contributed by atoms with Gasteiger partial charge in [-0.3, -0.25) is 0 Å². The van der Waals surface area contributed by atoms with Crippen LogP contribution in [0.5, 0.6) is 0 Å². The summed E-state index contributed by atoms with van der Waals surface area (Å²) in [4.78, 5) is 0. The van der Waals surface area contributed by atoms with Gasteiger partial charge in [-0.15, -0.1) is 11.8 Å². The van der Waals surface area contributed by atoms with Gasteiger partial charge >= 0.3 is 0 Å². The molecule has 0 unspecified atom stereocenters. The summed E-state index contributed by atoms with van der Waals surface area (Å²) in [6, 6.07) is 0. The van der Waals surface area contributed by atoms with Gasteiger partial charge in [0.15, 0.2) is 0 Å². The molecule has 72 valence electrons. The second-order valence-corrected chi connectivity index (χ2v) is 2.90. The van der Waals surface area contributed by atoms with Gasteiger partial charge in [-0.1, -0.05) is 24.8 Å². The molecule has 0 aliphatic rings. The molecule has 0 aromatic rings. The van der Waals surface area contributed by atoms with Crippen molar-refractivity contribution in [3.8, 4) is 11.8 Å².